The molecule has 6 nitrogen and oxygen atoms in total. The van der Waals surface area contributed by atoms with Gasteiger partial charge in [-0.3, -0.25) is 9.45 Å². The van der Waals surface area contributed by atoms with E-state index in [4.69, 9.17) is 0 Å². The van der Waals surface area contributed by atoms with Crippen LogP contribution in [0, 0.1) is 6.92 Å². The Morgan fingerprint density at radius 2 is 1.83 bits per heavy atom. The maximum Gasteiger partial charge on any atom is 0.321 e. The Morgan fingerprint density at radius 1 is 1.12 bits per heavy atom. The minimum absolute atomic E-state index is 0.195. The van der Waals surface area contributed by atoms with Gasteiger partial charge >= 0.3 is 6.03 Å². The fraction of sp³-hybridized carbons (Fsp3) is 0.235. The fourth-order valence-corrected chi connectivity index (χ4v) is 3.24. The standard InChI is InChI=1S/C17H18N2O4S/c1-12-3-5-13(6-4-12)15-11-14(24(21,22)23)7-8-16(15)19-10-2-9-18-17(19)20/h3-8,11H,2,9-10H2,1H3,(H,18,20)(H,21,22,23). The number of nitrogens with one attached hydrogen (secondary N) is 1. The molecule has 2 aromatic rings. The van der Waals surface area contributed by atoms with E-state index in [1.54, 1.807) is 11.0 Å². The summed E-state index contributed by atoms with van der Waals surface area (Å²) in [6.07, 6.45) is 0.805. The van der Waals surface area contributed by atoms with E-state index >= 15 is 0 Å². The molecule has 0 spiro atoms. The van der Waals surface area contributed by atoms with Crippen molar-refractivity contribution < 1.29 is 17.8 Å². The van der Waals surface area contributed by atoms with Crippen LogP contribution in [-0.4, -0.2) is 32.1 Å². The van der Waals surface area contributed by atoms with Crippen molar-refractivity contribution in [2.75, 3.05) is 18.0 Å². The molecule has 1 saturated heterocycles. The van der Waals surface area contributed by atoms with Crippen molar-refractivity contribution in [1.29, 1.82) is 0 Å². The third kappa shape index (κ3) is 3.27. The molecule has 126 valence electrons. The van der Waals surface area contributed by atoms with Crippen LogP contribution in [0.15, 0.2) is 47.4 Å². The first-order chi connectivity index (χ1) is 11.4. The Bertz CT molecular complexity index is 876. The summed E-state index contributed by atoms with van der Waals surface area (Å²) >= 11 is 0. The number of amides is 2. The number of hydrogen-bond donors (Lipinski definition) is 2. The Morgan fingerprint density at radius 3 is 2.46 bits per heavy atom. The van der Waals surface area contributed by atoms with Crippen LogP contribution in [-0.2, 0) is 10.1 Å². The summed E-state index contributed by atoms with van der Waals surface area (Å²) in [5.41, 5.74) is 3.05. The lowest BCUT2D eigenvalue weighted by atomic mass is 10.0. The van der Waals surface area contributed by atoms with Gasteiger partial charge < -0.3 is 5.32 Å². The lowest BCUT2D eigenvalue weighted by Gasteiger charge is -2.29. The van der Waals surface area contributed by atoms with E-state index in [0.29, 0.717) is 24.3 Å². The molecular formula is C17H18N2O4S. The van der Waals surface area contributed by atoms with Gasteiger partial charge in [0.05, 0.1) is 10.6 Å². The van der Waals surface area contributed by atoms with Gasteiger partial charge in [-0.15, -0.1) is 0 Å². The van der Waals surface area contributed by atoms with E-state index in [9.17, 15) is 17.8 Å². The molecule has 0 radical (unpaired) electrons. The molecule has 0 aliphatic carbocycles. The number of anilines is 1. The van der Waals surface area contributed by atoms with Crippen molar-refractivity contribution in [2.24, 2.45) is 0 Å². The van der Waals surface area contributed by atoms with Crippen LogP contribution in [0.4, 0.5) is 10.5 Å². The summed E-state index contributed by atoms with van der Waals surface area (Å²) in [6, 6.07) is 11.6. The van der Waals surface area contributed by atoms with Crippen molar-refractivity contribution >= 4 is 21.8 Å². The van der Waals surface area contributed by atoms with Crippen LogP contribution in [0.1, 0.15) is 12.0 Å². The lowest BCUT2D eigenvalue weighted by molar-refractivity contribution is 0.243. The van der Waals surface area contributed by atoms with E-state index in [-0.39, 0.29) is 10.9 Å². The van der Waals surface area contributed by atoms with E-state index in [1.165, 1.54) is 12.1 Å². The van der Waals surface area contributed by atoms with Gasteiger partial charge in [0.1, 0.15) is 0 Å². The van der Waals surface area contributed by atoms with Gasteiger partial charge in [-0.1, -0.05) is 29.8 Å². The molecule has 1 aliphatic heterocycles. The average Bonchev–Trinajstić information content (AvgIpc) is 2.55. The number of rotatable bonds is 3. The summed E-state index contributed by atoms with van der Waals surface area (Å²) < 4.78 is 32.3. The van der Waals surface area contributed by atoms with Crippen molar-refractivity contribution in [3.8, 4) is 11.1 Å². The van der Waals surface area contributed by atoms with Gasteiger partial charge in [0.25, 0.3) is 10.1 Å². The number of aryl methyl sites for hydroxylation is 1. The van der Waals surface area contributed by atoms with E-state index < -0.39 is 10.1 Å². The van der Waals surface area contributed by atoms with Crippen LogP contribution in [0.2, 0.25) is 0 Å². The molecule has 3 rings (SSSR count). The molecule has 2 aromatic carbocycles. The zero-order chi connectivity index (χ0) is 17.3. The summed E-state index contributed by atoms with van der Waals surface area (Å²) in [7, 11) is -4.32. The summed E-state index contributed by atoms with van der Waals surface area (Å²) in [5, 5.41) is 2.78. The molecule has 0 bridgehead atoms. The lowest BCUT2D eigenvalue weighted by Crippen LogP contribution is -2.46. The number of carbonyl (C=O) groups excluding carboxylic acids is 1. The molecule has 2 N–H and O–H groups in total. The smallest absolute Gasteiger partial charge is 0.321 e. The molecule has 2 amide bonds. The van der Waals surface area contributed by atoms with Gasteiger partial charge in [-0.2, -0.15) is 8.42 Å². The van der Waals surface area contributed by atoms with Gasteiger partial charge in [0.15, 0.2) is 0 Å². The minimum Gasteiger partial charge on any atom is -0.338 e. The van der Waals surface area contributed by atoms with Crippen LogP contribution in [0.3, 0.4) is 0 Å². The quantitative estimate of drug-likeness (QED) is 0.837. The van der Waals surface area contributed by atoms with Crippen LogP contribution in [0.25, 0.3) is 11.1 Å². The third-order valence-corrected chi connectivity index (χ3v) is 4.85. The van der Waals surface area contributed by atoms with Crippen LogP contribution < -0.4 is 10.2 Å². The SMILES string of the molecule is Cc1ccc(-c2cc(S(=O)(=O)O)ccc2N2CCCNC2=O)cc1. The Kier molecular flexibility index (Phi) is 4.29. The molecule has 7 heteroatoms. The first-order valence-electron chi connectivity index (χ1n) is 7.60. The highest BCUT2D eigenvalue weighted by Crippen LogP contribution is 2.34. The highest BCUT2D eigenvalue weighted by atomic mass is 32.2. The molecule has 1 aliphatic rings. The second-order valence-corrected chi connectivity index (χ2v) is 7.18. The fourth-order valence-electron chi connectivity index (χ4n) is 2.73. The highest BCUT2D eigenvalue weighted by Gasteiger charge is 2.23. The normalized spacial score (nSPS) is 15.2. The zero-order valence-electron chi connectivity index (χ0n) is 13.2. The van der Waals surface area contributed by atoms with Gasteiger partial charge in [-0.25, -0.2) is 4.79 Å². The first kappa shape index (κ1) is 16.5. The van der Waals surface area contributed by atoms with E-state index in [0.717, 1.165) is 17.5 Å². The second-order valence-electron chi connectivity index (χ2n) is 5.76. The number of urea groups is 1. The molecule has 24 heavy (non-hydrogen) atoms. The van der Waals surface area contributed by atoms with Gasteiger partial charge in [-0.05, 0) is 37.1 Å². The number of nitrogens with zero attached hydrogens (tertiary/aromatic N) is 1. The Hall–Kier alpha value is -2.38. The monoisotopic (exact) mass is 346 g/mol. The molecule has 0 atom stereocenters. The third-order valence-electron chi connectivity index (χ3n) is 4.00. The van der Waals surface area contributed by atoms with Gasteiger partial charge in [0.2, 0.25) is 0 Å². The van der Waals surface area contributed by atoms with Gasteiger partial charge in [0, 0.05) is 18.7 Å². The highest BCUT2D eigenvalue weighted by molar-refractivity contribution is 7.85. The molecule has 0 aromatic heterocycles. The topological polar surface area (TPSA) is 86.7 Å². The molecule has 1 heterocycles. The molecule has 1 fully saturated rings. The molecular weight excluding hydrogens is 328 g/mol. The Labute approximate surface area is 140 Å². The summed E-state index contributed by atoms with van der Waals surface area (Å²) in [6.45, 7) is 3.13. The predicted molar refractivity (Wildman–Crippen MR) is 91.8 cm³/mol. The van der Waals surface area contributed by atoms with Crippen molar-refractivity contribution in [2.45, 2.75) is 18.2 Å². The number of carbonyl (C=O) groups is 1. The Balaban J connectivity index is 2.17. The minimum atomic E-state index is -4.32. The van der Waals surface area contributed by atoms with Crippen molar-refractivity contribution in [3.63, 3.8) is 0 Å². The number of benzene rings is 2. The summed E-state index contributed by atoms with van der Waals surface area (Å²) in [5.74, 6) is 0. The van der Waals surface area contributed by atoms with Crippen LogP contribution >= 0.6 is 0 Å². The number of hydrogen-bond acceptors (Lipinski definition) is 3. The molecule has 0 unspecified atom stereocenters. The maximum absolute atomic E-state index is 12.2. The van der Waals surface area contributed by atoms with Crippen molar-refractivity contribution in [1.82, 2.24) is 5.32 Å². The van der Waals surface area contributed by atoms with Crippen molar-refractivity contribution in [3.05, 3.63) is 48.0 Å². The summed E-state index contributed by atoms with van der Waals surface area (Å²) in [4.78, 5) is 13.6. The van der Waals surface area contributed by atoms with E-state index in [2.05, 4.69) is 5.32 Å². The zero-order valence-corrected chi connectivity index (χ0v) is 14.0. The first-order valence-corrected chi connectivity index (χ1v) is 9.04. The van der Waals surface area contributed by atoms with E-state index in [1.807, 2.05) is 31.2 Å². The maximum atomic E-state index is 12.2. The second kappa shape index (κ2) is 6.26. The average molecular weight is 346 g/mol. The van der Waals surface area contributed by atoms with Crippen LogP contribution in [0.5, 0.6) is 0 Å². The molecule has 0 saturated carbocycles. The largest absolute Gasteiger partial charge is 0.338 e. The predicted octanol–water partition coefficient (Wildman–Crippen LogP) is 2.83.